The lowest BCUT2D eigenvalue weighted by atomic mass is 9.81. The van der Waals surface area contributed by atoms with Gasteiger partial charge in [0.25, 0.3) is 0 Å². The number of aryl methyl sites for hydroxylation is 1. The van der Waals surface area contributed by atoms with E-state index in [4.69, 9.17) is 4.74 Å². The Hall–Kier alpha value is -3.20. The van der Waals surface area contributed by atoms with Gasteiger partial charge < -0.3 is 14.7 Å². The van der Waals surface area contributed by atoms with E-state index in [1.54, 1.807) is 43.6 Å². The molecule has 1 fully saturated rings. The average molecular weight is 547 g/mol. The molecule has 4 rings (SSSR count). The Kier molecular flexibility index (Phi) is 9.43. The van der Waals surface area contributed by atoms with Gasteiger partial charge in [0, 0.05) is 18.1 Å². The summed E-state index contributed by atoms with van der Waals surface area (Å²) in [5.41, 5.74) is 1.22. The third-order valence-electron chi connectivity index (χ3n) is 7.71. The number of hydrogen-bond acceptors (Lipinski definition) is 4. The van der Waals surface area contributed by atoms with E-state index in [2.05, 4.69) is 9.88 Å². The second-order valence-corrected chi connectivity index (χ2v) is 10.3. The lowest BCUT2D eigenvalue weighted by molar-refractivity contribution is -0.146. The van der Waals surface area contributed by atoms with Crippen molar-refractivity contribution in [2.75, 3.05) is 26.7 Å². The summed E-state index contributed by atoms with van der Waals surface area (Å²) in [6.07, 6.45) is -0.636. The summed E-state index contributed by atoms with van der Waals surface area (Å²) in [7, 11) is 1.55. The summed E-state index contributed by atoms with van der Waals surface area (Å²) in [6, 6.07) is 12.4. The number of aliphatic carboxylic acids is 1. The molecule has 5 nitrogen and oxygen atoms in total. The van der Waals surface area contributed by atoms with Crippen LogP contribution in [-0.2, 0) is 17.4 Å². The second kappa shape index (κ2) is 12.8. The number of aromatic nitrogens is 1. The van der Waals surface area contributed by atoms with Gasteiger partial charge in [0.05, 0.1) is 24.1 Å². The monoisotopic (exact) mass is 546 g/mol. The third-order valence-corrected chi connectivity index (χ3v) is 7.71. The first-order valence-electron chi connectivity index (χ1n) is 13.3. The number of pyridine rings is 1. The highest BCUT2D eigenvalue weighted by atomic mass is 19.4. The van der Waals surface area contributed by atoms with Crippen LogP contribution in [0, 0.1) is 11.8 Å². The largest absolute Gasteiger partial charge is 0.497 e. The number of piperidine rings is 1. The molecule has 1 saturated heterocycles. The molecular formula is C30H34F4N2O3. The van der Waals surface area contributed by atoms with Crippen LogP contribution >= 0.6 is 0 Å². The van der Waals surface area contributed by atoms with Gasteiger partial charge in [-0.05, 0) is 99.0 Å². The minimum absolute atomic E-state index is 0.121. The molecule has 0 saturated carbocycles. The molecule has 1 aliphatic heterocycles. The standard InChI is InChI=1S/C30H34F4N2O3/c1-39-23-9-11-28-25(18-23)24(12-14-35-28)27(31)10-8-21-13-16-36(19-26(21)29(37)38)15-3-2-5-20-6-4-7-22(17-20)30(32,33)34/h4,6-7,9,11-12,14,17-18,21,26-27H,2-3,5,8,10,13,15-16,19H2,1H3,(H,37,38)/t21-,26+,27-/m1/s1. The fraction of sp³-hybridized carbons (Fsp3) is 0.467. The van der Waals surface area contributed by atoms with Crippen molar-refractivity contribution in [1.29, 1.82) is 0 Å². The number of fused-ring (bicyclic) bond motifs is 1. The average Bonchev–Trinajstić information content (AvgIpc) is 2.93. The van der Waals surface area contributed by atoms with Gasteiger partial charge in [-0.15, -0.1) is 0 Å². The van der Waals surface area contributed by atoms with E-state index in [-0.39, 0.29) is 12.3 Å². The van der Waals surface area contributed by atoms with Gasteiger partial charge in [0.2, 0.25) is 0 Å². The molecule has 0 unspecified atom stereocenters. The van der Waals surface area contributed by atoms with Crippen LogP contribution in [0.3, 0.4) is 0 Å². The number of alkyl halides is 4. The maximum Gasteiger partial charge on any atom is 0.416 e. The molecule has 9 heteroatoms. The van der Waals surface area contributed by atoms with Gasteiger partial charge in [-0.3, -0.25) is 9.78 Å². The first-order valence-corrected chi connectivity index (χ1v) is 13.3. The van der Waals surface area contributed by atoms with E-state index in [1.165, 1.54) is 12.1 Å². The van der Waals surface area contributed by atoms with E-state index in [1.807, 2.05) is 0 Å². The van der Waals surface area contributed by atoms with Crippen LogP contribution < -0.4 is 4.74 Å². The van der Waals surface area contributed by atoms with Crippen LogP contribution in [0.4, 0.5) is 17.6 Å². The number of carboxylic acid groups (broad SMARTS) is 1. The van der Waals surface area contributed by atoms with Crippen molar-refractivity contribution in [3.8, 4) is 5.75 Å². The highest BCUT2D eigenvalue weighted by Crippen LogP contribution is 2.35. The molecule has 1 aromatic heterocycles. The first-order chi connectivity index (χ1) is 18.7. The third kappa shape index (κ3) is 7.47. The number of hydrogen-bond donors (Lipinski definition) is 1. The van der Waals surface area contributed by atoms with Crippen molar-refractivity contribution in [1.82, 2.24) is 9.88 Å². The van der Waals surface area contributed by atoms with Crippen LogP contribution in [-0.4, -0.2) is 47.7 Å². The zero-order chi connectivity index (χ0) is 28.0. The summed E-state index contributed by atoms with van der Waals surface area (Å²) >= 11 is 0. The number of likely N-dealkylation sites (tertiary alicyclic amines) is 1. The second-order valence-electron chi connectivity index (χ2n) is 10.3. The van der Waals surface area contributed by atoms with Crippen molar-refractivity contribution in [3.63, 3.8) is 0 Å². The summed E-state index contributed by atoms with van der Waals surface area (Å²) in [4.78, 5) is 18.5. The Bertz CT molecular complexity index is 1270. The topological polar surface area (TPSA) is 62.7 Å². The molecule has 39 heavy (non-hydrogen) atoms. The van der Waals surface area contributed by atoms with Crippen LogP contribution in [0.5, 0.6) is 5.75 Å². The molecule has 0 radical (unpaired) electrons. The number of rotatable bonds is 11. The zero-order valence-electron chi connectivity index (χ0n) is 22.0. The SMILES string of the molecule is COc1ccc2nccc([C@H](F)CC[C@@H]3CCN(CCCCc4cccc(C(F)(F)F)c4)C[C@@H]3C(=O)O)c2c1. The number of carboxylic acids is 1. The van der Waals surface area contributed by atoms with E-state index in [0.29, 0.717) is 66.6 Å². The molecule has 0 bridgehead atoms. The van der Waals surface area contributed by atoms with E-state index in [9.17, 15) is 23.1 Å². The Morgan fingerprint density at radius 1 is 1.18 bits per heavy atom. The Labute approximate surface area is 225 Å². The van der Waals surface area contributed by atoms with Crippen LogP contribution in [0.25, 0.3) is 10.9 Å². The lowest BCUT2D eigenvalue weighted by Gasteiger charge is -2.37. The number of nitrogens with zero attached hydrogens (tertiary/aromatic N) is 2. The molecule has 1 N–H and O–H groups in total. The predicted molar refractivity (Wildman–Crippen MR) is 141 cm³/mol. The number of benzene rings is 2. The molecular weight excluding hydrogens is 512 g/mol. The Morgan fingerprint density at radius 3 is 2.74 bits per heavy atom. The van der Waals surface area contributed by atoms with E-state index < -0.39 is 29.8 Å². The minimum atomic E-state index is -4.35. The number of halogens is 4. The predicted octanol–water partition coefficient (Wildman–Crippen LogP) is 7.10. The Morgan fingerprint density at radius 2 is 2.00 bits per heavy atom. The van der Waals surface area contributed by atoms with Gasteiger partial charge >= 0.3 is 12.1 Å². The van der Waals surface area contributed by atoms with Gasteiger partial charge in [-0.1, -0.05) is 18.2 Å². The van der Waals surface area contributed by atoms with Crippen molar-refractivity contribution in [2.45, 2.75) is 50.9 Å². The Balaban J connectivity index is 1.28. The molecule has 1 aliphatic rings. The number of ether oxygens (including phenoxy) is 1. The molecule has 0 aliphatic carbocycles. The van der Waals surface area contributed by atoms with Crippen molar-refractivity contribution >= 4 is 16.9 Å². The molecule has 0 amide bonds. The van der Waals surface area contributed by atoms with Crippen LogP contribution in [0.2, 0.25) is 0 Å². The highest BCUT2D eigenvalue weighted by molar-refractivity contribution is 5.83. The van der Waals surface area contributed by atoms with Crippen molar-refractivity contribution < 1.29 is 32.2 Å². The van der Waals surface area contributed by atoms with Gasteiger partial charge in [0.1, 0.15) is 11.9 Å². The molecule has 2 heterocycles. The normalized spacial score (nSPS) is 19.2. The fourth-order valence-electron chi connectivity index (χ4n) is 5.53. The van der Waals surface area contributed by atoms with E-state index in [0.717, 1.165) is 19.0 Å². The molecule has 2 aromatic carbocycles. The molecule has 3 atom stereocenters. The van der Waals surface area contributed by atoms with Crippen molar-refractivity contribution in [2.24, 2.45) is 11.8 Å². The molecule has 0 spiro atoms. The summed E-state index contributed by atoms with van der Waals surface area (Å²) in [5, 5.41) is 10.6. The van der Waals surface area contributed by atoms with Gasteiger partial charge in [-0.2, -0.15) is 13.2 Å². The number of unbranched alkanes of at least 4 members (excludes halogenated alkanes) is 1. The van der Waals surface area contributed by atoms with E-state index >= 15 is 4.39 Å². The van der Waals surface area contributed by atoms with Gasteiger partial charge in [0.15, 0.2) is 0 Å². The number of methoxy groups -OCH3 is 1. The summed E-state index contributed by atoms with van der Waals surface area (Å²) in [6.45, 7) is 1.81. The maximum absolute atomic E-state index is 15.4. The lowest BCUT2D eigenvalue weighted by Crippen LogP contribution is -2.44. The summed E-state index contributed by atoms with van der Waals surface area (Å²) in [5.74, 6) is -0.950. The quantitative estimate of drug-likeness (QED) is 0.205. The maximum atomic E-state index is 15.4. The molecule has 210 valence electrons. The smallest absolute Gasteiger partial charge is 0.416 e. The van der Waals surface area contributed by atoms with Crippen LogP contribution in [0.1, 0.15) is 55.0 Å². The van der Waals surface area contributed by atoms with Crippen LogP contribution in [0.15, 0.2) is 54.7 Å². The van der Waals surface area contributed by atoms with Crippen molar-refractivity contribution in [3.05, 3.63) is 71.4 Å². The van der Waals surface area contributed by atoms with Gasteiger partial charge in [-0.25, -0.2) is 4.39 Å². The summed E-state index contributed by atoms with van der Waals surface area (Å²) < 4.78 is 59.5. The molecule has 3 aromatic rings. The highest BCUT2D eigenvalue weighted by Gasteiger charge is 2.34. The zero-order valence-corrected chi connectivity index (χ0v) is 22.0. The first kappa shape index (κ1) is 28.8. The number of carbonyl (C=O) groups is 1. The minimum Gasteiger partial charge on any atom is -0.497 e. The fourth-order valence-corrected chi connectivity index (χ4v) is 5.53.